The molecule has 0 aliphatic carbocycles. The second-order valence-corrected chi connectivity index (χ2v) is 7.40. The maximum absolute atomic E-state index is 13.0. The van der Waals surface area contributed by atoms with Crippen molar-refractivity contribution in [3.8, 4) is 0 Å². The van der Waals surface area contributed by atoms with E-state index in [0.29, 0.717) is 0 Å². The summed E-state index contributed by atoms with van der Waals surface area (Å²) in [7, 11) is -3.71. The lowest BCUT2D eigenvalue weighted by molar-refractivity contribution is -0.115. The fourth-order valence-electron chi connectivity index (χ4n) is 2.63. The van der Waals surface area contributed by atoms with E-state index in [1.165, 1.54) is 16.6 Å². The van der Waals surface area contributed by atoms with Crippen LogP contribution in [-0.2, 0) is 14.8 Å². The molecule has 0 amide bonds. The van der Waals surface area contributed by atoms with Crippen LogP contribution in [0.5, 0.6) is 0 Å². The van der Waals surface area contributed by atoms with Crippen molar-refractivity contribution in [2.75, 3.05) is 0 Å². The molecule has 5 heteroatoms. The normalized spacial score (nSPS) is 18.2. The van der Waals surface area contributed by atoms with E-state index in [1.807, 2.05) is 37.3 Å². The third-order valence-corrected chi connectivity index (χ3v) is 5.69. The number of allylic oxidation sites excluding steroid dienone is 1. The van der Waals surface area contributed by atoms with Crippen LogP contribution in [0.3, 0.4) is 0 Å². The number of nitrogens with zero attached hydrogens (tertiary/aromatic N) is 1. The first-order valence-corrected chi connectivity index (χ1v) is 8.79. The standard InChI is InChI=1S/C18H17NO3S/c1-14-7-9-17(10-8-14)23(21,22)19-12-11-16(20)13-18(19)15-5-3-2-4-6-15/h2-12,18H,13H2,1H3. The third kappa shape index (κ3) is 3.05. The number of hydrogen-bond acceptors (Lipinski definition) is 3. The van der Waals surface area contributed by atoms with Crippen LogP contribution < -0.4 is 0 Å². The molecule has 118 valence electrons. The van der Waals surface area contributed by atoms with Crippen molar-refractivity contribution in [1.82, 2.24) is 4.31 Å². The van der Waals surface area contributed by atoms with E-state index < -0.39 is 16.1 Å². The molecular weight excluding hydrogens is 310 g/mol. The van der Waals surface area contributed by atoms with Crippen molar-refractivity contribution in [1.29, 1.82) is 0 Å². The molecule has 0 radical (unpaired) electrons. The Morgan fingerprint density at radius 1 is 1.00 bits per heavy atom. The first-order chi connectivity index (χ1) is 11.0. The molecule has 1 aliphatic rings. The summed E-state index contributed by atoms with van der Waals surface area (Å²) < 4.78 is 27.2. The van der Waals surface area contributed by atoms with E-state index in [9.17, 15) is 13.2 Å². The molecule has 1 unspecified atom stereocenters. The highest BCUT2D eigenvalue weighted by atomic mass is 32.2. The number of sulfonamides is 1. The molecule has 0 saturated heterocycles. The zero-order valence-corrected chi connectivity index (χ0v) is 13.5. The van der Waals surface area contributed by atoms with Gasteiger partial charge in [-0.2, -0.15) is 0 Å². The largest absolute Gasteiger partial charge is 0.295 e. The average Bonchev–Trinajstić information content (AvgIpc) is 2.56. The fourth-order valence-corrected chi connectivity index (χ4v) is 4.10. The van der Waals surface area contributed by atoms with Crippen LogP contribution in [-0.4, -0.2) is 18.5 Å². The van der Waals surface area contributed by atoms with E-state index in [1.54, 1.807) is 24.3 Å². The van der Waals surface area contributed by atoms with Crippen LogP contribution >= 0.6 is 0 Å². The van der Waals surface area contributed by atoms with E-state index in [-0.39, 0.29) is 17.1 Å². The van der Waals surface area contributed by atoms with E-state index in [4.69, 9.17) is 0 Å². The minimum absolute atomic E-state index is 0.0748. The summed E-state index contributed by atoms with van der Waals surface area (Å²) in [4.78, 5) is 12.0. The van der Waals surface area contributed by atoms with Crippen molar-refractivity contribution < 1.29 is 13.2 Å². The fraction of sp³-hybridized carbons (Fsp3) is 0.167. The molecule has 1 aliphatic heterocycles. The van der Waals surface area contributed by atoms with Gasteiger partial charge in [-0.15, -0.1) is 0 Å². The molecule has 1 atom stereocenters. The van der Waals surface area contributed by atoms with Crippen LogP contribution in [0.4, 0.5) is 0 Å². The first-order valence-electron chi connectivity index (χ1n) is 7.35. The van der Waals surface area contributed by atoms with Gasteiger partial charge in [0.05, 0.1) is 10.9 Å². The van der Waals surface area contributed by atoms with Gasteiger partial charge >= 0.3 is 0 Å². The number of carbonyl (C=O) groups is 1. The molecule has 0 saturated carbocycles. The molecule has 2 aromatic carbocycles. The van der Waals surface area contributed by atoms with E-state index in [0.717, 1.165) is 11.1 Å². The van der Waals surface area contributed by atoms with Crippen molar-refractivity contribution in [3.63, 3.8) is 0 Å². The van der Waals surface area contributed by atoms with Gasteiger partial charge in [-0.3, -0.25) is 9.10 Å². The Bertz CT molecular complexity index is 840. The average molecular weight is 327 g/mol. The summed E-state index contributed by atoms with van der Waals surface area (Å²) in [6.45, 7) is 1.91. The van der Waals surface area contributed by atoms with Gasteiger partial charge in [-0.1, -0.05) is 48.0 Å². The summed E-state index contributed by atoms with van der Waals surface area (Å²) in [6.07, 6.45) is 2.84. The van der Waals surface area contributed by atoms with Gasteiger partial charge in [-0.05, 0) is 30.7 Å². The predicted molar refractivity (Wildman–Crippen MR) is 88.2 cm³/mol. The third-order valence-electron chi connectivity index (χ3n) is 3.89. The minimum Gasteiger partial charge on any atom is -0.295 e. The predicted octanol–water partition coefficient (Wildman–Crippen LogP) is 3.21. The van der Waals surface area contributed by atoms with Crippen molar-refractivity contribution in [2.45, 2.75) is 24.3 Å². The van der Waals surface area contributed by atoms with Crippen molar-refractivity contribution in [2.24, 2.45) is 0 Å². The van der Waals surface area contributed by atoms with Crippen LogP contribution in [0.2, 0.25) is 0 Å². The smallest absolute Gasteiger partial charge is 0.264 e. The zero-order valence-electron chi connectivity index (χ0n) is 12.7. The highest BCUT2D eigenvalue weighted by molar-refractivity contribution is 7.89. The quantitative estimate of drug-likeness (QED) is 0.870. The molecule has 1 heterocycles. The molecule has 4 nitrogen and oxygen atoms in total. The minimum atomic E-state index is -3.71. The maximum atomic E-state index is 13.0. The number of aryl methyl sites for hydroxylation is 1. The summed E-state index contributed by atoms with van der Waals surface area (Å²) in [5.74, 6) is -0.0748. The molecular formula is C18H17NO3S. The van der Waals surface area contributed by atoms with Gasteiger partial charge in [0.1, 0.15) is 0 Å². The number of carbonyl (C=O) groups excluding carboxylic acids is 1. The molecule has 2 aromatic rings. The highest BCUT2D eigenvalue weighted by Crippen LogP contribution is 2.33. The number of hydrogen-bond donors (Lipinski definition) is 0. The van der Waals surface area contributed by atoms with Gasteiger partial charge in [0.15, 0.2) is 5.78 Å². The van der Waals surface area contributed by atoms with Gasteiger partial charge in [0.25, 0.3) is 10.0 Å². The summed E-state index contributed by atoms with van der Waals surface area (Å²) in [5.41, 5.74) is 1.80. The first kappa shape index (κ1) is 15.5. The molecule has 0 bridgehead atoms. The SMILES string of the molecule is Cc1ccc(S(=O)(=O)N2C=CC(=O)CC2c2ccccc2)cc1. The number of benzene rings is 2. The van der Waals surface area contributed by atoms with Crippen LogP contribution in [0, 0.1) is 6.92 Å². The Hall–Kier alpha value is -2.40. The molecule has 0 N–H and O–H groups in total. The maximum Gasteiger partial charge on any atom is 0.264 e. The molecule has 0 spiro atoms. The second-order valence-electron chi connectivity index (χ2n) is 5.56. The summed E-state index contributed by atoms with van der Waals surface area (Å²) >= 11 is 0. The molecule has 0 fully saturated rings. The zero-order chi connectivity index (χ0) is 16.4. The number of ketones is 1. The highest BCUT2D eigenvalue weighted by Gasteiger charge is 2.33. The van der Waals surface area contributed by atoms with Gasteiger partial charge in [0.2, 0.25) is 0 Å². The van der Waals surface area contributed by atoms with Crippen molar-refractivity contribution in [3.05, 3.63) is 78.0 Å². The Morgan fingerprint density at radius 3 is 2.30 bits per heavy atom. The van der Waals surface area contributed by atoms with E-state index >= 15 is 0 Å². The Morgan fingerprint density at radius 2 is 1.65 bits per heavy atom. The van der Waals surface area contributed by atoms with Gasteiger partial charge in [-0.25, -0.2) is 8.42 Å². The molecule has 3 rings (SSSR count). The number of rotatable bonds is 3. The summed E-state index contributed by atoms with van der Waals surface area (Å²) in [5, 5.41) is 0. The summed E-state index contributed by atoms with van der Waals surface area (Å²) in [6, 6.07) is 15.4. The Balaban J connectivity index is 2.06. The lowest BCUT2D eigenvalue weighted by Gasteiger charge is -2.32. The van der Waals surface area contributed by atoms with Crippen LogP contribution in [0.25, 0.3) is 0 Å². The van der Waals surface area contributed by atoms with E-state index in [2.05, 4.69) is 0 Å². The lowest BCUT2D eigenvalue weighted by atomic mass is 9.99. The lowest BCUT2D eigenvalue weighted by Crippen LogP contribution is -2.34. The Kier molecular flexibility index (Phi) is 4.05. The molecule has 23 heavy (non-hydrogen) atoms. The van der Waals surface area contributed by atoms with Gasteiger partial charge in [0, 0.05) is 12.6 Å². The molecule has 0 aromatic heterocycles. The van der Waals surface area contributed by atoms with Crippen LogP contribution in [0.15, 0.2) is 71.8 Å². The van der Waals surface area contributed by atoms with Gasteiger partial charge < -0.3 is 0 Å². The monoisotopic (exact) mass is 327 g/mol. The topological polar surface area (TPSA) is 54.5 Å². The Labute approximate surface area is 136 Å². The van der Waals surface area contributed by atoms with Crippen molar-refractivity contribution >= 4 is 15.8 Å². The second kappa shape index (κ2) is 6.01. The van der Waals surface area contributed by atoms with Crippen LogP contribution in [0.1, 0.15) is 23.6 Å².